The van der Waals surface area contributed by atoms with Gasteiger partial charge in [-0.15, -0.1) is 6.42 Å². The van der Waals surface area contributed by atoms with E-state index < -0.39 is 17.8 Å². The molecule has 0 aromatic heterocycles. The lowest BCUT2D eigenvalue weighted by molar-refractivity contribution is -0.122. The number of imide groups is 2. The van der Waals surface area contributed by atoms with Crippen LogP contribution in [0, 0.1) is 12.3 Å². The summed E-state index contributed by atoms with van der Waals surface area (Å²) < 4.78 is 5.42. The molecule has 28 heavy (non-hydrogen) atoms. The summed E-state index contributed by atoms with van der Waals surface area (Å²) in [6, 6.07) is 9.94. The van der Waals surface area contributed by atoms with Crippen LogP contribution in [0.5, 0.6) is 5.75 Å². The number of nitrogens with zero attached hydrogens (tertiary/aromatic N) is 1. The fourth-order valence-electron chi connectivity index (χ4n) is 2.55. The van der Waals surface area contributed by atoms with Gasteiger partial charge in [0.1, 0.15) is 17.9 Å². The molecule has 1 saturated heterocycles. The van der Waals surface area contributed by atoms with E-state index in [0.29, 0.717) is 21.4 Å². The average Bonchev–Trinajstić information content (AvgIpc) is 2.64. The van der Waals surface area contributed by atoms with Gasteiger partial charge in [-0.05, 0) is 42.5 Å². The van der Waals surface area contributed by atoms with Gasteiger partial charge in [-0.25, -0.2) is 9.69 Å². The molecule has 0 unspecified atom stereocenters. The van der Waals surface area contributed by atoms with Crippen LogP contribution in [0.2, 0.25) is 10.0 Å². The first kappa shape index (κ1) is 19.5. The molecule has 1 fully saturated rings. The van der Waals surface area contributed by atoms with E-state index in [4.69, 9.17) is 34.4 Å². The fraction of sp³-hybridized carbons (Fsp3) is 0.0500. The predicted molar refractivity (Wildman–Crippen MR) is 106 cm³/mol. The second-order valence-electron chi connectivity index (χ2n) is 5.61. The lowest BCUT2D eigenvalue weighted by atomic mass is 10.1. The summed E-state index contributed by atoms with van der Waals surface area (Å²) >= 11 is 12.0. The monoisotopic (exact) mass is 414 g/mol. The summed E-state index contributed by atoms with van der Waals surface area (Å²) in [5, 5.41) is 2.84. The first-order valence-electron chi connectivity index (χ1n) is 7.93. The molecule has 0 spiro atoms. The third kappa shape index (κ3) is 4.01. The maximum absolute atomic E-state index is 12.9. The van der Waals surface area contributed by atoms with E-state index in [9.17, 15) is 14.4 Å². The number of barbiturate groups is 1. The van der Waals surface area contributed by atoms with Crippen molar-refractivity contribution in [3.63, 3.8) is 0 Å². The maximum Gasteiger partial charge on any atom is 0.335 e. The van der Waals surface area contributed by atoms with E-state index in [-0.39, 0.29) is 17.9 Å². The summed E-state index contributed by atoms with van der Waals surface area (Å²) in [5.41, 5.74) is 0.317. The Bertz CT molecular complexity index is 1060. The zero-order valence-corrected chi connectivity index (χ0v) is 15.8. The van der Waals surface area contributed by atoms with Gasteiger partial charge in [0.05, 0.1) is 5.69 Å². The van der Waals surface area contributed by atoms with Crippen LogP contribution in [0.25, 0.3) is 6.08 Å². The molecule has 3 rings (SSSR count). The number of carbonyl (C=O) groups is 3. The maximum atomic E-state index is 12.9. The lowest BCUT2D eigenvalue weighted by Crippen LogP contribution is -2.54. The van der Waals surface area contributed by atoms with E-state index in [1.807, 2.05) is 0 Å². The number of nitrogens with one attached hydrogen (secondary N) is 1. The zero-order chi connectivity index (χ0) is 20.3. The van der Waals surface area contributed by atoms with E-state index in [0.717, 1.165) is 4.90 Å². The molecule has 4 amide bonds. The number of carbonyl (C=O) groups excluding carboxylic acids is 3. The normalized spacial score (nSPS) is 15.4. The first-order chi connectivity index (χ1) is 13.4. The number of anilines is 1. The summed E-state index contributed by atoms with van der Waals surface area (Å²) in [5.74, 6) is 1.02. The quantitative estimate of drug-likeness (QED) is 0.470. The minimum atomic E-state index is -0.871. The Labute approximate surface area is 170 Å². The van der Waals surface area contributed by atoms with Crippen molar-refractivity contribution < 1.29 is 19.1 Å². The van der Waals surface area contributed by atoms with Crippen LogP contribution < -0.4 is 15.0 Å². The lowest BCUT2D eigenvalue weighted by Gasteiger charge is -2.26. The molecular weight excluding hydrogens is 403 g/mol. The zero-order valence-electron chi connectivity index (χ0n) is 14.2. The van der Waals surface area contributed by atoms with E-state index >= 15 is 0 Å². The van der Waals surface area contributed by atoms with Crippen LogP contribution >= 0.6 is 23.2 Å². The van der Waals surface area contributed by atoms with Crippen molar-refractivity contribution >= 4 is 52.8 Å². The van der Waals surface area contributed by atoms with Crippen LogP contribution in [0.3, 0.4) is 0 Å². The highest BCUT2D eigenvalue weighted by Gasteiger charge is 2.37. The number of rotatable bonds is 4. The SMILES string of the molecule is C#CCOc1ccc(Cl)cc1/C=C1\C(=O)NC(=O)N(c2cccc(Cl)c2)C1=O. The Hall–Kier alpha value is -3.27. The van der Waals surface area contributed by atoms with Gasteiger partial charge in [0.15, 0.2) is 0 Å². The second kappa shape index (κ2) is 8.17. The second-order valence-corrected chi connectivity index (χ2v) is 6.49. The van der Waals surface area contributed by atoms with Crippen LogP contribution in [-0.2, 0) is 9.59 Å². The molecule has 1 heterocycles. The van der Waals surface area contributed by atoms with Crippen molar-refractivity contribution in [1.29, 1.82) is 0 Å². The molecule has 6 nitrogen and oxygen atoms in total. The number of benzene rings is 2. The molecule has 0 aliphatic carbocycles. The molecule has 1 N–H and O–H groups in total. The average molecular weight is 415 g/mol. The first-order valence-corrected chi connectivity index (χ1v) is 8.69. The number of urea groups is 1. The number of halogens is 2. The Morgan fingerprint density at radius 2 is 1.86 bits per heavy atom. The molecule has 0 atom stereocenters. The van der Waals surface area contributed by atoms with E-state index in [1.54, 1.807) is 24.3 Å². The van der Waals surface area contributed by atoms with Crippen molar-refractivity contribution in [2.45, 2.75) is 0 Å². The van der Waals surface area contributed by atoms with Crippen molar-refractivity contribution in [3.8, 4) is 18.1 Å². The molecule has 8 heteroatoms. The van der Waals surface area contributed by atoms with E-state index in [1.165, 1.54) is 24.3 Å². The molecule has 140 valence electrons. The molecule has 1 aliphatic rings. The molecule has 2 aromatic carbocycles. The predicted octanol–water partition coefficient (Wildman–Crippen LogP) is 3.67. The van der Waals surface area contributed by atoms with Gasteiger partial charge in [-0.3, -0.25) is 14.9 Å². The molecule has 0 saturated carbocycles. The van der Waals surface area contributed by atoms with Gasteiger partial charge in [-0.2, -0.15) is 0 Å². The summed E-state index contributed by atoms with van der Waals surface area (Å²) in [4.78, 5) is 38.2. The highest BCUT2D eigenvalue weighted by atomic mass is 35.5. The van der Waals surface area contributed by atoms with Crippen molar-refractivity contribution in [3.05, 3.63) is 63.6 Å². The van der Waals surface area contributed by atoms with Crippen LogP contribution in [0.1, 0.15) is 5.56 Å². The highest BCUT2D eigenvalue weighted by Crippen LogP contribution is 2.28. The highest BCUT2D eigenvalue weighted by molar-refractivity contribution is 6.39. The third-order valence-corrected chi connectivity index (χ3v) is 4.22. The molecule has 0 radical (unpaired) electrons. The van der Waals surface area contributed by atoms with Gasteiger partial charge in [0, 0.05) is 15.6 Å². The van der Waals surface area contributed by atoms with Crippen LogP contribution in [0.15, 0.2) is 48.0 Å². The van der Waals surface area contributed by atoms with E-state index in [2.05, 4.69) is 11.2 Å². The van der Waals surface area contributed by atoms with Gasteiger partial charge in [0.25, 0.3) is 11.8 Å². The fourth-order valence-corrected chi connectivity index (χ4v) is 2.91. The summed E-state index contributed by atoms with van der Waals surface area (Å²) in [6.45, 7) is -0.00886. The minimum Gasteiger partial charge on any atom is -0.480 e. The van der Waals surface area contributed by atoms with Crippen LogP contribution in [0.4, 0.5) is 10.5 Å². The molecule has 0 bridgehead atoms. The van der Waals surface area contributed by atoms with Crippen molar-refractivity contribution in [2.24, 2.45) is 0 Å². The number of amides is 4. The molecular formula is C20H12Cl2N2O4. The van der Waals surface area contributed by atoms with Crippen molar-refractivity contribution in [1.82, 2.24) is 5.32 Å². The summed E-state index contributed by atoms with van der Waals surface area (Å²) in [6.07, 6.45) is 6.50. The molecule has 2 aromatic rings. The van der Waals surface area contributed by atoms with Gasteiger partial charge in [-0.1, -0.05) is 35.2 Å². The number of ether oxygens (including phenoxy) is 1. The Morgan fingerprint density at radius 1 is 1.11 bits per heavy atom. The minimum absolute atomic E-state index is 0.00886. The number of hydrogen-bond acceptors (Lipinski definition) is 4. The number of terminal acetylenes is 1. The topological polar surface area (TPSA) is 75.7 Å². The number of hydrogen-bond donors (Lipinski definition) is 1. The van der Waals surface area contributed by atoms with Gasteiger partial charge < -0.3 is 4.74 Å². The Kier molecular flexibility index (Phi) is 5.69. The third-order valence-electron chi connectivity index (χ3n) is 3.75. The summed E-state index contributed by atoms with van der Waals surface area (Å²) in [7, 11) is 0. The Balaban J connectivity index is 2.05. The molecule has 1 aliphatic heterocycles. The van der Waals surface area contributed by atoms with Gasteiger partial charge >= 0.3 is 6.03 Å². The Morgan fingerprint density at radius 3 is 2.57 bits per heavy atom. The van der Waals surface area contributed by atoms with Gasteiger partial charge in [0.2, 0.25) is 0 Å². The standard InChI is InChI=1S/C20H12Cl2N2O4/c1-2-8-28-17-7-6-14(22)9-12(17)10-16-18(25)23-20(27)24(19(16)26)15-5-3-4-13(21)11-15/h1,3-7,9-11H,8H2,(H,23,25,27)/b16-10+. The smallest absolute Gasteiger partial charge is 0.335 e. The largest absolute Gasteiger partial charge is 0.480 e. The van der Waals surface area contributed by atoms with Crippen LogP contribution in [-0.4, -0.2) is 24.5 Å². The van der Waals surface area contributed by atoms with Crippen molar-refractivity contribution in [2.75, 3.05) is 11.5 Å².